The van der Waals surface area contributed by atoms with Crippen LogP contribution in [0.1, 0.15) is 43.9 Å². The second kappa shape index (κ2) is 6.19. The molecular formula is C21H25NO. The van der Waals surface area contributed by atoms with Gasteiger partial charge in [0.2, 0.25) is 5.91 Å². The third-order valence-corrected chi connectivity index (χ3v) is 4.71. The van der Waals surface area contributed by atoms with Crippen molar-refractivity contribution in [2.45, 2.75) is 45.4 Å². The van der Waals surface area contributed by atoms with Gasteiger partial charge in [0, 0.05) is 11.6 Å². The number of rotatable bonds is 2. The van der Waals surface area contributed by atoms with E-state index < -0.39 is 0 Å². The molecule has 23 heavy (non-hydrogen) atoms. The van der Waals surface area contributed by atoms with Gasteiger partial charge in [-0.05, 0) is 47.4 Å². The minimum Gasteiger partial charge on any atom is -0.326 e. The smallest absolute Gasteiger partial charge is 0.227 e. The summed E-state index contributed by atoms with van der Waals surface area (Å²) in [5.74, 6) is 0.217. The Morgan fingerprint density at radius 2 is 1.65 bits per heavy atom. The van der Waals surface area contributed by atoms with Crippen molar-refractivity contribution >= 4 is 11.6 Å². The molecule has 0 aromatic heterocycles. The van der Waals surface area contributed by atoms with Gasteiger partial charge in [-0.15, -0.1) is 0 Å². The number of carbonyl (C=O) groups excluding carboxylic acids is 1. The summed E-state index contributed by atoms with van der Waals surface area (Å²) >= 11 is 0. The molecule has 3 rings (SSSR count). The van der Waals surface area contributed by atoms with Gasteiger partial charge < -0.3 is 5.32 Å². The molecule has 1 atom stereocenters. The Kier molecular flexibility index (Phi) is 4.25. The largest absolute Gasteiger partial charge is 0.326 e. The van der Waals surface area contributed by atoms with Gasteiger partial charge in [-0.3, -0.25) is 4.79 Å². The molecule has 2 nitrogen and oxygen atoms in total. The molecule has 2 aromatic rings. The lowest BCUT2D eigenvalue weighted by Crippen LogP contribution is -2.29. The van der Waals surface area contributed by atoms with Crippen LogP contribution in [0.4, 0.5) is 5.69 Å². The Bertz CT molecular complexity index is 712. The molecule has 1 aliphatic carbocycles. The van der Waals surface area contributed by atoms with Gasteiger partial charge in [-0.2, -0.15) is 0 Å². The fraction of sp³-hybridized carbons (Fsp3) is 0.381. The quantitative estimate of drug-likeness (QED) is 0.854. The van der Waals surface area contributed by atoms with Crippen LogP contribution in [-0.4, -0.2) is 5.91 Å². The van der Waals surface area contributed by atoms with E-state index in [9.17, 15) is 4.79 Å². The molecule has 1 amide bonds. The zero-order valence-electron chi connectivity index (χ0n) is 14.2. The Balaban J connectivity index is 1.76. The fourth-order valence-corrected chi connectivity index (χ4v) is 3.40. The van der Waals surface area contributed by atoms with Gasteiger partial charge in [0.05, 0.1) is 0 Å². The van der Waals surface area contributed by atoms with Crippen molar-refractivity contribution in [2.24, 2.45) is 5.92 Å². The molecule has 0 aliphatic heterocycles. The van der Waals surface area contributed by atoms with Crippen LogP contribution in [0.3, 0.4) is 0 Å². The molecule has 1 aliphatic rings. The molecule has 0 saturated heterocycles. The maximum absolute atomic E-state index is 12.7. The van der Waals surface area contributed by atoms with E-state index in [2.05, 4.69) is 56.4 Å². The lowest BCUT2D eigenvalue weighted by molar-refractivity contribution is -0.120. The number of fused-ring (bicyclic) bond motifs is 1. The molecule has 0 saturated carbocycles. The predicted octanol–water partition coefficient (Wildman–Crippen LogP) is 4.73. The zero-order chi connectivity index (χ0) is 16.4. The minimum atomic E-state index is 0.0169. The Hall–Kier alpha value is -2.09. The van der Waals surface area contributed by atoms with Gasteiger partial charge in [0.25, 0.3) is 0 Å². The topological polar surface area (TPSA) is 29.1 Å². The van der Waals surface area contributed by atoms with Crippen LogP contribution in [-0.2, 0) is 23.1 Å². The number of nitrogens with one attached hydrogen (secondary N) is 1. The molecular weight excluding hydrogens is 282 g/mol. The molecule has 0 fully saturated rings. The molecule has 0 spiro atoms. The van der Waals surface area contributed by atoms with Gasteiger partial charge in [0.15, 0.2) is 0 Å². The molecule has 2 heteroatoms. The number of aryl methyl sites for hydroxylation is 1. The van der Waals surface area contributed by atoms with E-state index in [1.165, 1.54) is 16.7 Å². The van der Waals surface area contributed by atoms with Crippen molar-refractivity contribution in [2.75, 3.05) is 5.32 Å². The van der Waals surface area contributed by atoms with Gasteiger partial charge in [-0.25, -0.2) is 0 Å². The van der Waals surface area contributed by atoms with Crippen LogP contribution in [0.25, 0.3) is 0 Å². The fourth-order valence-electron chi connectivity index (χ4n) is 3.40. The molecule has 120 valence electrons. The summed E-state index contributed by atoms with van der Waals surface area (Å²) in [4.78, 5) is 12.7. The zero-order valence-corrected chi connectivity index (χ0v) is 14.2. The van der Waals surface area contributed by atoms with E-state index in [0.717, 1.165) is 24.9 Å². The number of carbonyl (C=O) groups is 1. The third-order valence-electron chi connectivity index (χ3n) is 4.71. The summed E-state index contributed by atoms with van der Waals surface area (Å²) in [6.07, 6.45) is 2.77. The highest BCUT2D eigenvalue weighted by Crippen LogP contribution is 2.31. The summed E-state index contributed by atoms with van der Waals surface area (Å²) < 4.78 is 0. The molecule has 2 aromatic carbocycles. The molecule has 0 heterocycles. The van der Waals surface area contributed by atoms with Crippen molar-refractivity contribution in [3.05, 3.63) is 65.2 Å². The second-order valence-corrected chi connectivity index (χ2v) is 7.49. The van der Waals surface area contributed by atoms with E-state index >= 15 is 0 Å². The van der Waals surface area contributed by atoms with Crippen molar-refractivity contribution in [3.63, 3.8) is 0 Å². The van der Waals surface area contributed by atoms with Crippen molar-refractivity contribution < 1.29 is 4.79 Å². The van der Waals surface area contributed by atoms with Crippen LogP contribution >= 0.6 is 0 Å². The van der Waals surface area contributed by atoms with Crippen LogP contribution in [0.5, 0.6) is 0 Å². The normalized spacial score (nSPS) is 17.4. The Morgan fingerprint density at radius 3 is 2.39 bits per heavy atom. The van der Waals surface area contributed by atoms with Crippen LogP contribution < -0.4 is 5.32 Å². The minimum absolute atomic E-state index is 0.0169. The monoisotopic (exact) mass is 307 g/mol. The highest BCUT2D eigenvalue weighted by molar-refractivity contribution is 5.93. The van der Waals surface area contributed by atoms with Crippen molar-refractivity contribution in [1.29, 1.82) is 0 Å². The van der Waals surface area contributed by atoms with Gasteiger partial charge in [0.1, 0.15) is 0 Å². The second-order valence-electron chi connectivity index (χ2n) is 7.49. The van der Waals surface area contributed by atoms with Crippen molar-refractivity contribution in [3.8, 4) is 0 Å². The first-order valence-electron chi connectivity index (χ1n) is 8.42. The summed E-state index contributed by atoms with van der Waals surface area (Å²) in [5, 5.41) is 3.18. The standard InChI is InChI=1S/C21H25NO/c1-21(2,3)18-10-6-7-11-19(18)22-20(23)17-13-12-15-8-4-5-9-16(15)14-17/h4-11,17H,12-14H2,1-3H3,(H,22,23). The summed E-state index contributed by atoms with van der Waals surface area (Å²) in [6, 6.07) is 16.6. The Morgan fingerprint density at radius 1 is 1.00 bits per heavy atom. The molecule has 0 bridgehead atoms. The van der Waals surface area contributed by atoms with Gasteiger partial charge in [-0.1, -0.05) is 63.2 Å². The lowest BCUT2D eigenvalue weighted by atomic mass is 9.83. The first-order valence-corrected chi connectivity index (χ1v) is 8.42. The van der Waals surface area contributed by atoms with E-state index in [1.807, 2.05) is 18.2 Å². The average Bonchev–Trinajstić information content (AvgIpc) is 2.54. The maximum Gasteiger partial charge on any atom is 0.227 e. The van der Waals surface area contributed by atoms with Crippen LogP contribution in [0.2, 0.25) is 0 Å². The number of anilines is 1. The SMILES string of the molecule is CC(C)(C)c1ccccc1NC(=O)C1CCc2ccccc2C1. The van der Waals surface area contributed by atoms with E-state index in [0.29, 0.717) is 0 Å². The van der Waals surface area contributed by atoms with E-state index in [1.54, 1.807) is 0 Å². The maximum atomic E-state index is 12.7. The summed E-state index contributed by atoms with van der Waals surface area (Å²) in [7, 11) is 0. The number of amides is 1. The van der Waals surface area contributed by atoms with Gasteiger partial charge >= 0.3 is 0 Å². The molecule has 0 radical (unpaired) electrons. The summed E-state index contributed by atoms with van der Waals surface area (Å²) in [6.45, 7) is 6.53. The number of para-hydroxylation sites is 1. The number of benzene rings is 2. The average molecular weight is 307 g/mol. The Labute approximate surface area is 138 Å². The number of hydrogen-bond donors (Lipinski definition) is 1. The van der Waals surface area contributed by atoms with E-state index in [4.69, 9.17) is 0 Å². The molecule has 1 unspecified atom stereocenters. The lowest BCUT2D eigenvalue weighted by Gasteiger charge is -2.26. The first kappa shape index (κ1) is 15.8. The van der Waals surface area contributed by atoms with E-state index in [-0.39, 0.29) is 17.2 Å². The van der Waals surface area contributed by atoms with Crippen LogP contribution in [0, 0.1) is 5.92 Å². The number of hydrogen-bond acceptors (Lipinski definition) is 1. The third kappa shape index (κ3) is 3.47. The first-order chi connectivity index (χ1) is 10.9. The van der Waals surface area contributed by atoms with Crippen molar-refractivity contribution in [1.82, 2.24) is 0 Å². The highest BCUT2D eigenvalue weighted by Gasteiger charge is 2.26. The summed E-state index contributed by atoms with van der Waals surface area (Å²) in [5.41, 5.74) is 4.87. The predicted molar refractivity (Wildman–Crippen MR) is 95.7 cm³/mol. The highest BCUT2D eigenvalue weighted by atomic mass is 16.1. The molecule has 1 N–H and O–H groups in total. The van der Waals surface area contributed by atoms with Crippen LogP contribution in [0.15, 0.2) is 48.5 Å².